The lowest BCUT2D eigenvalue weighted by molar-refractivity contribution is -0.134. The van der Waals surface area contributed by atoms with E-state index in [9.17, 15) is 9.59 Å². The number of carbonyl (C=O) groups is 2. The summed E-state index contributed by atoms with van der Waals surface area (Å²) < 4.78 is 10.8. The zero-order valence-electron chi connectivity index (χ0n) is 13.8. The summed E-state index contributed by atoms with van der Waals surface area (Å²) >= 11 is 3.38. The van der Waals surface area contributed by atoms with Crippen molar-refractivity contribution >= 4 is 28.0 Å². The Morgan fingerprint density at radius 2 is 1.87 bits per heavy atom. The summed E-state index contributed by atoms with van der Waals surface area (Å²) in [6.07, 6.45) is 2.88. The molecule has 0 saturated carbocycles. The van der Waals surface area contributed by atoms with Gasteiger partial charge in [-0.1, -0.05) is 34.1 Å². The molecule has 1 rings (SSSR count). The second-order valence-corrected chi connectivity index (χ2v) is 6.88. The number of hydrogen-bond acceptors (Lipinski definition) is 4. The van der Waals surface area contributed by atoms with E-state index in [1.807, 2.05) is 24.3 Å². The molecule has 0 aliphatic heterocycles. The van der Waals surface area contributed by atoms with E-state index in [4.69, 9.17) is 4.74 Å². The number of alkyl carbamates (subject to hydrolysis) is 1. The van der Waals surface area contributed by atoms with Crippen LogP contribution in [0.4, 0.5) is 4.79 Å². The van der Waals surface area contributed by atoms with Gasteiger partial charge >= 0.3 is 12.1 Å². The van der Waals surface area contributed by atoms with Gasteiger partial charge in [-0.2, -0.15) is 0 Å². The van der Waals surface area contributed by atoms with Gasteiger partial charge in [-0.3, -0.25) is 0 Å². The summed E-state index contributed by atoms with van der Waals surface area (Å²) in [4.78, 5) is 23.2. The van der Waals surface area contributed by atoms with Crippen molar-refractivity contribution in [1.82, 2.24) is 5.32 Å². The zero-order valence-corrected chi connectivity index (χ0v) is 15.3. The maximum Gasteiger partial charge on any atom is 0.408 e. The van der Waals surface area contributed by atoms with E-state index in [-0.39, 0.29) is 6.04 Å². The predicted octanol–water partition coefficient (Wildman–Crippen LogP) is 3.61. The highest BCUT2D eigenvalue weighted by molar-refractivity contribution is 9.10. The van der Waals surface area contributed by atoms with Crippen LogP contribution in [0.25, 0.3) is 0 Å². The largest absolute Gasteiger partial charge is 0.466 e. The van der Waals surface area contributed by atoms with E-state index in [0.29, 0.717) is 6.42 Å². The molecule has 0 fully saturated rings. The number of methoxy groups -OCH3 is 1. The molecule has 1 aromatic carbocycles. The number of benzene rings is 1. The number of esters is 1. The summed E-state index contributed by atoms with van der Waals surface area (Å²) in [5, 5.41) is 2.75. The fourth-order valence-electron chi connectivity index (χ4n) is 1.76. The fourth-order valence-corrected chi connectivity index (χ4v) is 2.03. The molecular formula is C17H22BrNO4. The topological polar surface area (TPSA) is 64.6 Å². The van der Waals surface area contributed by atoms with Crippen molar-refractivity contribution in [3.05, 3.63) is 46.5 Å². The van der Waals surface area contributed by atoms with Gasteiger partial charge in [0.1, 0.15) is 5.60 Å². The molecule has 0 aliphatic carbocycles. The molecule has 0 spiro atoms. The molecule has 1 unspecified atom stereocenters. The Bertz CT molecular complexity index is 561. The normalized spacial score (nSPS) is 12.7. The van der Waals surface area contributed by atoms with Gasteiger partial charge in [-0.25, -0.2) is 9.59 Å². The summed E-state index contributed by atoms with van der Waals surface area (Å²) in [6.45, 7) is 5.38. The fraction of sp³-hybridized carbons (Fsp3) is 0.412. The van der Waals surface area contributed by atoms with E-state index in [0.717, 1.165) is 10.0 Å². The molecule has 1 atom stereocenters. The molecule has 0 aliphatic rings. The third kappa shape index (κ3) is 8.40. The van der Waals surface area contributed by atoms with Crippen LogP contribution in [-0.2, 0) is 20.7 Å². The SMILES string of the molecule is COC(=O)C=CC(Cc1ccc(Br)cc1)NC(=O)OC(C)(C)C. The minimum atomic E-state index is -0.585. The monoisotopic (exact) mass is 383 g/mol. The lowest BCUT2D eigenvalue weighted by Gasteiger charge is -2.22. The van der Waals surface area contributed by atoms with E-state index >= 15 is 0 Å². The second-order valence-electron chi connectivity index (χ2n) is 5.97. The van der Waals surface area contributed by atoms with E-state index in [2.05, 4.69) is 26.0 Å². The van der Waals surface area contributed by atoms with Gasteiger partial charge < -0.3 is 14.8 Å². The van der Waals surface area contributed by atoms with Crippen molar-refractivity contribution in [2.45, 2.75) is 38.8 Å². The Morgan fingerprint density at radius 3 is 2.39 bits per heavy atom. The lowest BCUT2D eigenvalue weighted by Crippen LogP contribution is -2.39. The molecule has 0 heterocycles. The first-order valence-corrected chi connectivity index (χ1v) is 7.99. The molecule has 0 bridgehead atoms. The average molecular weight is 384 g/mol. The summed E-state index contributed by atoms with van der Waals surface area (Å²) in [7, 11) is 1.30. The number of carbonyl (C=O) groups excluding carboxylic acids is 2. The highest BCUT2D eigenvalue weighted by atomic mass is 79.9. The average Bonchev–Trinajstić information content (AvgIpc) is 2.44. The third-order valence-corrected chi connectivity index (χ3v) is 3.27. The van der Waals surface area contributed by atoms with Gasteiger partial charge in [-0.15, -0.1) is 0 Å². The molecule has 0 saturated heterocycles. The van der Waals surface area contributed by atoms with Crippen molar-refractivity contribution < 1.29 is 19.1 Å². The van der Waals surface area contributed by atoms with Crippen LogP contribution >= 0.6 is 15.9 Å². The van der Waals surface area contributed by atoms with Crippen molar-refractivity contribution in [3.63, 3.8) is 0 Å². The van der Waals surface area contributed by atoms with Crippen molar-refractivity contribution in [2.24, 2.45) is 0 Å². The van der Waals surface area contributed by atoms with Crippen LogP contribution < -0.4 is 5.32 Å². The maximum atomic E-state index is 11.9. The van der Waals surface area contributed by atoms with Gasteiger partial charge in [0.25, 0.3) is 0 Å². The van der Waals surface area contributed by atoms with Gasteiger partial charge in [0.2, 0.25) is 0 Å². The molecule has 1 N–H and O–H groups in total. The molecule has 5 nitrogen and oxygen atoms in total. The molecule has 23 heavy (non-hydrogen) atoms. The van der Waals surface area contributed by atoms with Crippen LogP contribution in [-0.4, -0.2) is 30.8 Å². The van der Waals surface area contributed by atoms with Gasteiger partial charge in [0.15, 0.2) is 0 Å². The molecule has 0 aromatic heterocycles. The van der Waals surface area contributed by atoms with Crippen LogP contribution in [0.15, 0.2) is 40.9 Å². The minimum Gasteiger partial charge on any atom is -0.466 e. The number of hydrogen-bond donors (Lipinski definition) is 1. The number of ether oxygens (including phenoxy) is 2. The van der Waals surface area contributed by atoms with Crippen molar-refractivity contribution in [3.8, 4) is 0 Å². The highest BCUT2D eigenvalue weighted by Gasteiger charge is 2.18. The Kier molecular flexibility index (Phi) is 7.29. The molecular weight excluding hydrogens is 362 g/mol. The Balaban J connectivity index is 2.80. The molecule has 126 valence electrons. The summed E-state index contributed by atoms with van der Waals surface area (Å²) in [5.74, 6) is -0.475. The molecule has 1 aromatic rings. The summed E-state index contributed by atoms with van der Waals surface area (Å²) in [6, 6.07) is 7.35. The number of amides is 1. The minimum absolute atomic E-state index is 0.384. The first-order chi connectivity index (χ1) is 10.7. The first-order valence-electron chi connectivity index (χ1n) is 7.20. The number of nitrogens with one attached hydrogen (secondary N) is 1. The van der Waals surface area contributed by atoms with Crippen LogP contribution in [0.3, 0.4) is 0 Å². The summed E-state index contributed by atoms with van der Waals surface area (Å²) in [5.41, 5.74) is 0.432. The van der Waals surface area contributed by atoms with Crippen molar-refractivity contribution in [2.75, 3.05) is 7.11 Å². The molecule has 0 radical (unpaired) electrons. The third-order valence-electron chi connectivity index (χ3n) is 2.74. The standard InChI is InChI=1S/C17H22BrNO4/c1-17(2,3)23-16(21)19-14(9-10-15(20)22-4)11-12-5-7-13(18)8-6-12/h5-10,14H,11H2,1-4H3,(H,19,21). The van der Waals surface area contributed by atoms with Crippen molar-refractivity contribution in [1.29, 1.82) is 0 Å². The number of rotatable bonds is 5. The van der Waals surface area contributed by atoms with Gasteiger partial charge in [-0.05, 0) is 44.9 Å². The van der Waals surface area contributed by atoms with Crippen LogP contribution in [0, 0.1) is 0 Å². The highest BCUT2D eigenvalue weighted by Crippen LogP contribution is 2.13. The Labute approximate surface area is 145 Å². The Hall–Kier alpha value is -1.82. The predicted molar refractivity (Wildman–Crippen MR) is 92.2 cm³/mol. The van der Waals surface area contributed by atoms with Crippen LogP contribution in [0.2, 0.25) is 0 Å². The van der Waals surface area contributed by atoms with E-state index < -0.39 is 17.7 Å². The first kappa shape index (κ1) is 19.2. The smallest absolute Gasteiger partial charge is 0.408 e. The molecule has 6 heteroatoms. The van der Waals surface area contributed by atoms with Gasteiger partial charge in [0.05, 0.1) is 13.2 Å². The quantitative estimate of drug-likeness (QED) is 0.622. The maximum absolute atomic E-state index is 11.9. The van der Waals surface area contributed by atoms with E-state index in [1.54, 1.807) is 26.8 Å². The lowest BCUT2D eigenvalue weighted by atomic mass is 10.1. The van der Waals surface area contributed by atoms with Gasteiger partial charge in [0, 0.05) is 10.5 Å². The Morgan fingerprint density at radius 1 is 1.26 bits per heavy atom. The zero-order chi connectivity index (χ0) is 17.5. The van der Waals surface area contributed by atoms with E-state index in [1.165, 1.54) is 13.2 Å². The number of halogens is 1. The van der Waals surface area contributed by atoms with Crippen LogP contribution in [0.5, 0.6) is 0 Å². The molecule has 1 amide bonds. The second kappa shape index (κ2) is 8.72. The van der Waals surface area contributed by atoms with Crippen LogP contribution in [0.1, 0.15) is 26.3 Å².